The van der Waals surface area contributed by atoms with Crippen molar-refractivity contribution in [3.05, 3.63) is 140 Å². The standard InChI is InChI=1S/C42H23NO2S2/c1-6-20-34-28(13-1)38-32(23-35-39(40(38)45-34)29-14-2-5-19-33(29)44-35)43(30-17-9-15-26-24-11-3-7-21-36(24)46-41(26)30)31-18-10-16-27-25-12-4-8-22-37(25)47-42(27)31/h1-23H. The van der Waals surface area contributed by atoms with Gasteiger partial charge in [-0.2, -0.15) is 0 Å². The summed E-state index contributed by atoms with van der Waals surface area (Å²) in [5.41, 5.74) is 6.68. The highest BCUT2D eigenvalue weighted by molar-refractivity contribution is 7.27. The summed E-state index contributed by atoms with van der Waals surface area (Å²) in [6, 6.07) is 49.7. The van der Waals surface area contributed by atoms with E-state index in [-0.39, 0.29) is 0 Å². The molecule has 0 radical (unpaired) electrons. The molecule has 7 aromatic carbocycles. The Hall–Kier alpha value is -5.62. The maximum absolute atomic E-state index is 6.78. The SMILES string of the molecule is c1ccc2c(c1)oc1c2c(N(c2cccc3c2sc2ccccc23)c2cccc3c2sc2ccccc23)cc2oc3ccccc3c21. The van der Waals surface area contributed by atoms with Gasteiger partial charge >= 0.3 is 0 Å². The quantitative estimate of drug-likeness (QED) is 0.193. The van der Waals surface area contributed by atoms with E-state index in [0.29, 0.717) is 0 Å². The molecule has 0 aliphatic carbocycles. The minimum atomic E-state index is 0.810. The third kappa shape index (κ3) is 3.50. The van der Waals surface area contributed by atoms with E-state index in [1.165, 1.54) is 40.3 Å². The third-order valence-electron chi connectivity index (χ3n) is 9.46. The van der Waals surface area contributed by atoms with Crippen LogP contribution in [0.25, 0.3) is 84.2 Å². The van der Waals surface area contributed by atoms with Gasteiger partial charge in [-0.3, -0.25) is 0 Å². The number of nitrogens with zero attached hydrogens (tertiary/aromatic N) is 1. The molecule has 0 spiro atoms. The molecular formula is C42H23NO2S2. The highest BCUT2D eigenvalue weighted by atomic mass is 32.1. The van der Waals surface area contributed by atoms with Gasteiger partial charge in [-0.25, -0.2) is 0 Å². The molecule has 0 saturated carbocycles. The van der Waals surface area contributed by atoms with E-state index in [2.05, 4.69) is 126 Å². The van der Waals surface area contributed by atoms with Crippen LogP contribution in [-0.4, -0.2) is 0 Å². The van der Waals surface area contributed by atoms with Crippen LogP contribution in [0.1, 0.15) is 0 Å². The molecule has 0 aliphatic rings. The number of thiophene rings is 2. The number of benzene rings is 7. The second kappa shape index (κ2) is 9.46. The molecule has 0 saturated heterocycles. The van der Waals surface area contributed by atoms with Crippen LogP contribution in [0.3, 0.4) is 0 Å². The zero-order valence-corrected chi connectivity index (χ0v) is 26.5. The maximum atomic E-state index is 6.78. The third-order valence-corrected chi connectivity index (χ3v) is 11.9. The average molecular weight is 638 g/mol. The van der Waals surface area contributed by atoms with Gasteiger partial charge in [-0.1, -0.05) is 97.1 Å². The van der Waals surface area contributed by atoms with Crippen molar-refractivity contribution in [1.29, 1.82) is 0 Å². The molecule has 0 aliphatic heterocycles. The van der Waals surface area contributed by atoms with Gasteiger partial charge in [-0.15, -0.1) is 22.7 Å². The fraction of sp³-hybridized carbons (Fsp3) is 0. The zero-order valence-electron chi connectivity index (χ0n) is 24.9. The van der Waals surface area contributed by atoms with Crippen LogP contribution in [0.5, 0.6) is 0 Å². The van der Waals surface area contributed by atoms with E-state index >= 15 is 0 Å². The van der Waals surface area contributed by atoms with Gasteiger partial charge in [0.15, 0.2) is 0 Å². The van der Waals surface area contributed by atoms with Gasteiger partial charge in [0.25, 0.3) is 0 Å². The first kappa shape index (κ1) is 25.6. The van der Waals surface area contributed by atoms with Crippen molar-refractivity contribution < 1.29 is 8.83 Å². The smallest absolute Gasteiger partial charge is 0.149 e. The highest BCUT2D eigenvalue weighted by Crippen LogP contribution is 2.53. The molecule has 3 nitrogen and oxygen atoms in total. The molecule has 0 unspecified atom stereocenters. The predicted molar refractivity (Wildman–Crippen MR) is 201 cm³/mol. The molecule has 5 heteroatoms. The second-order valence-electron chi connectivity index (χ2n) is 12.0. The number of rotatable bonds is 3. The molecule has 47 heavy (non-hydrogen) atoms. The summed E-state index contributed by atoms with van der Waals surface area (Å²) in [6.07, 6.45) is 0. The molecule has 0 fully saturated rings. The summed E-state index contributed by atoms with van der Waals surface area (Å²) in [5.74, 6) is 0. The Morgan fingerprint density at radius 1 is 0.383 bits per heavy atom. The molecule has 220 valence electrons. The van der Waals surface area contributed by atoms with Crippen molar-refractivity contribution in [2.45, 2.75) is 0 Å². The lowest BCUT2D eigenvalue weighted by atomic mass is 10.0. The van der Waals surface area contributed by atoms with E-state index in [1.54, 1.807) is 0 Å². The van der Waals surface area contributed by atoms with Gasteiger partial charge in [0.05, 0.1) is 37.2 Å². The Kier molecular flexibility index (Phi) is 5.14. The number of furan rings is 2. The van der Waals surface area contributed by atoms with E-state index in [9.17, 15) is 0 Å². The van der Waals surface area contributed by atoms with Gasteiger partial charge < -0.3 is 13.7 Å². The van der Waals surface area contributed by atoms with Crippen LogP contribution in [0.2, 0.25) is 0 Å². The topological polar surface area (TPSA) is 29.5 Å². The fourth-order valence-electron chi connectivity index (χ4n) is 7.45. The largest absolute Gasteiger partial charge is 0.456 e. The summed E-state index contributed by atoms with van der Waals surface area (Å²) < 4.78 is 18.4. The molecule has 11 rings (SSSR count). The van der Waals surface area contributed by atoms with E-state index in [4.69, 9.17) is 8.83 Å². The Morgan fingerprint density at radius 2 is 0.872 bits per heavy atom. The van der Waals surface area contributed by atoms with Crippen LogP contribution < -0.4 is 4.90 Å². The van der Waals surface area contributed by atoms with Gasteiger partial charge in [0, 0.05) is 47.8 Å². The number of para-hydroxylation sites is 2. The van der Waals surface area contributed by atoms with E-state index in [0.717, 1.165) is 60.9 Å². The van der Waals surface area contributed by atoms with Crippen molar-refractivity contribution in [2.24, 2.45) is 0 Å². The average Bonchev–Trinajstić information content (AvgIpc) is 3.88. The normalized spacial score (nSPS) is 12.3. The number of anilines is 3. The lowest BCUT2D eigenvalue weighted by Crippen LogP contribution is -2.10. The molecule has 0 N–H and O–H groups in total. The Balaban J connectivity index is 1.35. The lowest BCUT2D eigenvalue weighted by molar-refractivity contribution is 0.663. The monoisotopic (exact) mass is 637 g/mol. The lowest BCUT2D eigenvalue weighted by Gasteiger charge is -2.27. The van der Waals surface area contributed by atoms with Crippen LogP contribution in [0.15, 0.2) is 148 Å². The molecule has 4 heterocycles. The van der Waals surface area contributed by atoms with Gasteiger partial charge in [0.2, 0.25) is 0 Å². The zero-order chi connectivity index (χ0) is 30.6. The molecule has 0 amide bonds. The number of hydrogen-bond acceptors (Lipinski definition) is 5. The van der Waals surface area contributed by atoms with Crippen molar-refractivity contribution in [2.75, 3.05) is 4.90 Å². The maximum Gasteiger partial charge on any atom is 0.149 e. The first-order valence-electron chi connectivity index (χ1n) is 15.7. The fourth-order valence-corrected chi connectivity index (χ4v) is 9.87. The van der Waals surface area contributed by atoms with Crippen molar-refractivity contribution in [3.63, 3.8) is 0 Å². The van der Waals surface area contributed by atoms with Crippen LogP contribution in [0, 0.1) is 0 Å². The summed E-state index contributed by atoms with van der Waals surface area (Å²) in [6.45, 7) is 0. The molecular weight excluding hydrogens is 615 g/mol. The second-order valence-corrected chi connectivity index (χ2v) is 14.1. The van der Waals surface area contributed by atoms with Crippen molar-refractivity contribution >= 4 is 124 Å². The molecule has 0 bridgehead atoms. The van der Waals surface area contributed by atoms with E-state index in [1.807, 2.05) is 40.9 Å². The predicted octanol–water partition coefficient (Wildman–Crippen LogP) is 13.7. The minimum absolute atomic E-state index is 0.810. The van der Waals surface area contributed by atoms with E-state index < -0.39 is 0 Å². The van der Waals surface area contributed by atoms with Crippen LogP contribution >= 0.6 is 22.7 Å². The number of fused-ring (bicyclic) bond motifs is 13. The summed E-state index contributed by atoms with van der Waals surface area (Å²) in [7, 11) is 0. The molecule has 11 aromatic rings. The van der Waals surface area contributed by atoms with Gasteiger partial charge in [-0.05, 0) is 36.4 Å². The summed E-state index contributed by atoms with van der Waals surface area (Å²) in [5, 5.41) is 9.31. The Bertz CT molecular complexity index is 2930. The van der Waals surface area contributed by atoms with Crippen molar-refractivity contribution in [3.8, 4) is 0 Å². The van der Waals surface area contributed by atoms with Gasteiger partial charge in [0.1, 0.15) is 22.3 Å². The van der Waals surface area contributed by atoms with Crippen molar-refractivity contribution in [1.82, 2.24) is 0 Å². The Morgan fingerprint density at radius 3 is 1.49 bits per heavy atom. The number of hydrogen-bond donors (Lipinski definition) is 0. The van der Waals surface area contributed by atoms with Crippen LogP contribution in [-0.2, 0) is 0 Å². The van der Waals surface area contributed by atoms with Crippen LogP contribution in [0.4, 0.5) is 17.1 Å². The Labute approximate surface area is 276 Å². The summed E-state index contributed by atoms with van der Waals surface area (Å²) in [4.78, 5) is 2.46. The first-order valence-corrected chi connectivity index (χ1v) is 17.3. The first-order chi connectivity index (χ1) is 23.3. The summed E-state index contributed by atoms with van der Waals surface area (Å²) >= 11 is 3.70. The molecule has 0 atom stereocenters. The molecule has 4 aromatic heterocycles. The highest BCUT2D eigenvalue weighted by Gasteiger charge is 2.27. The minimum Gasteiger partial charge on any atom is -0.456 e.